The number of ketones is 1. The number of carbonyl (C=O) groups is 2. The van der Waals surface area contributed by atoms with Crippen LogP contribution in [-0.2, 0) is 4.74 Å². The molecular formula is C13H15NO3. The summed E-state index contributed by atoms with van der Waals surface area (Å²) in [4.78, 5) is 24.4. The van der Waals surface area contributed by atoms with Crippen molar-refractivity contribution in [2.24, 2.45) is 0 Å². The lowest BCUT2D eigenvalue weighted by Crippen LogP contribution is -2.32. The van der Waals surface area contributed by atoms with Crippen molar-refractivity contribution in [1.29, 1.82) is 0 Å². The Morgan fingerprint density at radius 1 is 1.41 bits per heavy atom. The molecule has 0 saturated carbocycles. The number of Topliss-reactive ketones (excluding diaryl/α,β-unsaturated/α-hetero) is 1. The van der Waals surface area contributed by atoms with Crippen LogP contribution in [0, 0.1) is 0 Å². The van der Waals surface area contributed by atoms with E-state index in [2.05, 4.69) is 0 Å². The Labute approximate surface area is 100 Å². The van der Waals surface area contributed by atoms with Gasteiger partial charge in [-0.3, -0.25) is 9.69 Å². The molecule has 0 aromatic heterocycles. The fourth-order valence-corrected chi connectivity index (χ4v) is 1.93. The van der Waals surface area contributed by atoms with Gasteiger partial charge in [0.2, 0.25) is 0 Å². The summed E-state index contributed by atoms with van der Waals surface area (Å²) >= 11 is 0. The quantitative estimate of drug-likeness (QED) is 0.754. The molecule has 1 aromatic rings. The van der Waals surface area contributed by atoms with E-state index >= 15 is 0 Å². The molecule has 0 unspecified atom stereocenters. The molecule has 0 N–H and O–H groups in total. The second-order valence-corrected chi connectivity index (χ2v) is 4.11. The number of cyclic esters (lactones) is 1. The van der Waals surface area contributed by atoms with Crippen LogP contribution in [0.2, 0.25) is 0 Å². The van der Waals surface area contributed by atoms with Crippen LogP contribution in [0.5, 0.6) is 0 Å². The summed E-state index contributed by atoms with van der Waals surface area (Å²) in [6, 6.07) is 7.12. The van der Waals surface area contributed by atoms with E-state index < -0.39 is 0 Å². The number of ether oxygens (including phenoxy) is 1. The number of benzene rings is 1. The van der Waals surface area contributed by atoms with Gasteiger partial charge < -0.3 is 4.74 Å². The standard InChI is InChI=1S/C13H15NO3/c1-3-11-8-17-13(16)14(11)12-6-4-10(5-7-12)9(2)15/h4-7,11H,3,8H2,1-2H3/t11-/m1/s1. The highest BCUT2D eigenvalue weighted by Crippen LogP contribution is 2.24. The molecule has 1 heterocycles. The van der Waals surface area contributed by atoms with E-state index in [4.69, 9.17) is 4.74 Å². The molecule has 1 atom stereocenters. The first-order valence-corrected chi connectivity index (χ1v) is 5.70. The lowest BCUT2D eigenvalue weighted by molar-refractivity contribution is 0.101. The van der Waals surface area contributed by atoms with E-state index in [9.17, 15) is 9.59 Å². The van der Waals surface area contributed by atoms with E-state index in [1.54, 1.807) is 29.2 Å². The number of anilines is 1. The first kappa shape index (κ1) is 11.6. The summed E-state index contributed by atoms with van der Waals surface area (Å²) in [6.07, 6.45) is 0.535. The van der Waals surface area contributed by atoms with Crippen LogP contribution in [0.4, 0.5) is 10.5 Å². The van der Waals surface area contributed by atoms with Crippen LogP contribution in [0.25, 0.3) is 0 Å². The third-order valence-electron chi connectivity index (χ3n) is 2.98. The molecule has 4 nitrogen and oxygen atoms in total. The normalized spacial score (nSPS) is 19.3. The SMILES string of the molecule is CC[C@@H]1COC(=O)N1c1ccc(C(C)=O)cc1. The van der Waals surface area contributed by atoms with Crippen molar-refractivity contribution in [3.05, 3.63) is 29.8 Å². The average Bonchev–Trinajstić information content (AvgIpc) is 2.70. The van der Waals surface area contributed by atoms with Gasteiger partial charge >= 0.3 is 6.09 Å². The Bertz CT molecular complexity index is 438. The Morgan fingerprint density at radius 2 is 2.06 bits per heavy atom. The third-order valence-corrected chi connectivity index (χ3v) is 2.98. The molecule has 0 aliphatic carbocycles. The first-order valence-electron chi connectivity index (χ1n) is 5.70. The van der Waals surface area contributed by atoms with Crippen molar-refractivity contribution < 1.29 is 14.3 Å². The molecule has 1 aliphatic heterocycles. The Hall–Kier alpha value is -1.84. The van der Waals surface area contributed by atoms with Gasteiger partial charge in [0.05, 0.1) is 6.04 Å². The van der Waals surface area contributed by atoms with Crippen molar-refractivity contribution in [2.75, 3.05) is 11.5 Å². The van der Waals surface area contributed by atoms with Crippen LogP contribution < -0.4 is 4.90 Å². The van der Waals surface area contributed by atoms with Crippen molar-refractivity contribution in [3.8, 4) is 0 Å². The molecule has 0 bridgehead atoms. The van der Waals surface area contributed by atoms with Gasteiger partial charge in [0.1, 0.15) is 6.61 Å². The number of carbonyl (C=O) groups excluding carboxylic acids is 2. The zero-order valence-electron chi connectivity index (χ0n) is 9.97. The minimum absolute atomic E-state index is 0.0209. The van der Waals surface area contributed by atoms with Gasteiger partial charge in [0.15, 0.2) is 5.78 Å². The van der Waals surface area contributed by atoms with Gasteiger partial charge in [0, 0.05) is 11.3 Å². The van der Waals surface area contributed by atoms with Gasteiger partial charge in [-0.05, 0) is 37.6 Å². The lowest BCUT2D eigenvalue weighted by atomic mass is 10.1. The van der Waals surface area contributed by atoms with Gasteiger partial charge in [-0.15, -0.1) is 0 Å². The van der Waals surface area contributed by atoms with Crippen molar-refractivity contribution in [1.82, 2.24) is 0 Å². The van der Waals surface area contributed by atoms with Crippen LogP contribution in [0.15, 0.2) is 24.3 Å². The highest BCUT2D eigenvalue weighted by Gasteiger charge is 2.32. The lowest BCUT2D eigenvalue weighted by Gasteiger charge is -2.20. The second kappa shape index (κ2) is 4.57. The second-order valence-electron chi connectivity index (χ2n) is 4.11. The molecule has 1 aromatic carbocycles. The van der Waals surface area contributed by atoms with Crippen molar-refractivity contribution in [3.63, 3.8) is 0 Å². The predicted octanol–water partition coefficient (Wildman–Crippen LogP) is 2.62. The number of amides is 1. The third kappa shape index (κ3) is 2.16. The number of hydrogen-bond acceptors (Lipinski definition) is 3. The maximum atomic E-state index is 11.6. The van der Waals surface area contributed by atoms with E-state index in [-0.39, 0.29) is 17.9 Å². The molecular weight excluding hydrogens is 218 g/mol. The zero-order chi connectivity index (χ0) is 12.4. The van der Waals surface area contributed by atoms with E-state index in [0.29, 0.717) is 12.2 Å². The molecule has 1 amide bonds. The molecule has 0 radical (unpaired) electrons. The molecule has 90 valence electrons. The largest absolute Gasteiger partial charge is 0.447 e. The highest BCUT2D eigenvalue weighted by molar-refractivity contribution is 5.95. The van der Waals surface area contributed by atoms with Gasteiger partial charge in [0.25, 0.3) is 0 Å². The molecule has 17 heavy (non-hydrogen) atoms. The van der Waals surface area contributed by atoms with Crippen molar-refractivity contribution in [2.45, 2.75) is 26.3 Å². The highest BCUT2D eigenvalue weighted by atomic mass is 16.6. The summed E-state index contributed by atoms with van der Waals surface area (Å²) < 4.78 is 5.02. The molecule has 1 saturated heterocycles. The zero-order valence-corrected chi connectivity index (χ0v) is 9.97. The summed E-state index contributed by atoms with van der Waals surface area (Å²) in [6.45, 7) is 3.97. The van der Waals surface area contributed by atoms with Crippen LogP contribution in [0.3, 0.4) is 0 Å². The average molecular weight is 233 g/mol. The predicted molar refractivity (Wildman–Crippen MR) is 64.4 cm³/mol. The fraction of sp³-hybridized carbons (Fsp3) is 0.385. The number of hydrogen-bond donors (Lipinski definition) is 0. The molecule has 1 fully saturated rings. The summed E-state index contributed by atoms with van der Waals surface area (Å²) in [7, 11) is 0. The van der Waals surface area contributed by atoms with Crippen LogP contribution in [0.1, 0.15) is 30.6 Å². The first-order chi connectivity index (χ1) is 8.13. The van der Waals surface area contributed by atoms with Crippen molar-refractivity contribution >= 4 is 17.6 Å². The van der Waals surface area contributed by atoms with E-state index in [1.807, 2.05) is 6.92 Å². The van der Waals surface area contributed by atoms with E-state index in [0.717, 1.165) is 12.1 Å². The maximum Gasteiger partial charge on any atom is 0.414 e. The van der Waals surface area contributed by atoms with Crippen LogP contribution >= 0.6 is 0 Å². The number of nitrogens with zero attached hydrogens (tertiary/aromatic N) is 1. The molecule has 1 aliphatic rings. The van der Waals surface area contributed by atoms with E-state index in [1.165, 1.54) is 6.92 Å². The Balaban J connectivity index is 2.27. The maximum absolute atomic E-state index is 11.6. The molecule has 0 spiro atoms. The monoisotopic (exact) mass is 233 g/mol. The molecule has 2 rings (SSSR count). The number of rotatable bonds is 3. The minimum atomic E-state index is -0.313. The summed E-state index contributed by atoms with van der Waals surface area (Å²) in [5.41, 5.74) is 1.43. The topological polar surface area (TPSA) is 46.6 Å². The van der Waals surface area contributed by atoms with Gasteiger partial charge in [-0.25, -0.2) is 4.79 Å². The van der Waals surface area contributed by atoms with Gasteiger partial charge in [-0.1, -0.05) is 6.92 Å². The van der Waals surface area contributed by atoms with Crippen LogP contribution in [-0.4, -0.2) is 24.5 Å². The minimum Gasteiger partial charge on any atom is -0.447 e. The molecule has 4 heteroatoms. The Morgan fingerprint density at radius 3 is 2.59 bits per heavy atom. The summed E-state index contributed by atoms with van der Waals surface area (Å²) in [5, 5.41) is 0. The Kier molecular flexibility index (Phi) is 3.13. The smallest absolute Gasteiger partial charge is 0.414 e. The van der Waals surface area contributed by atoms with Gasteiger partial charge in [-0.2, -0.15) is 0 Å². The fourth-order valence-electron chi connectivity index (χ4n) is 1.93. The summed E-state index contributed by atoms with van der Waals surface area (Å²) in [5.74, 6) is 0.0209.